The van der Waals surface area contributed by atoms with E-state index in [-0.39, 0.29) is 0 Å². The van der Waals surface area contributed by atoms with Crippen LogP contribution in [0.1, 0.15) is 19.8 Å². The summed E-state index contributed by atoms with van der Waals surface area (Å²) in [5.41, 5.74) is 1.83. The summed E-state index contributed by atoms with van der Waals surface area (Å²) in [6.07, 6.45) is 7.23. The molecule has 0 aromatic heterocycles. The summed E-state index contributed by atoms with van der Waals surface area (Å²) < 4.78 is 0. The second-order valence-electron chi connectivity index (χ2n) is 3.55. The standard InChI is InChI=1S/C9H12/c1-7-5-8-3-4-9(7,2)6-8/h3-4,8H,1,5-6H2,2H3/t8?,9-/m1/s1. The first-order chi connectivity index (χ1) is 4.21. The molecule has 0 saturated heterocycles. The quantitative estimate of drug-likeness (QED) is 0.431. The van der Waals surface area contributed by atoms with Crippen molar-refractivity contribution in [2.45, 2.75) is 19.8 Å². The van der Waals surface area contributed by atoms with E-state index in [4.69, 9.17) is 0 Å². The molecule has 9 heavy (non-hydrogen) atoms. The average molecular weight is 120 g/mol. The van der Waals surface area contributed by atoms with Crippen molar-refractivity contribution >= 4 is 0 Å². The third-order valence-electron chi connectivity index (χ3n) is 2.74. The molecule has 0 heterocycles. The minimum atomic E-state index is 0.394. The lowest BCUT2D eigenvalue weighted by Gasteiger charge is -2.18. The van der Waals surface area contributed by atoms with Gasteiger partial charge in [-0.1, -0.05) is 31.2 Å². The predicted molar refractivity (Wildman–Crippen MR) is 39.1 cm³/mol. The predicted octanol–water partition coefficient (Wildman–Crippen LogP) is 2.53. The summed E-state index contributed by atoms with van der Waals surface area (Å²) in [5.74, 6) is 0.836. The van der Waals surface area contributed by atoms with Gasteiger partial charge in [0, 0.05) is 5.41 Å². The largest absolute Gasteiger partial charge is 0.0990 e. The van der Waals surface area contributed by atoms with Crippen molar-refractivity contribution in [3.8, 4) is 0 Å². The van der Waals surface area contributed by atoms with Crippen molar-refractivity contribution in [3.05, 3.63) is 24.3 Å². The molecule has 2 aliphatic carbocycles. The molecule has 0 aliphatic heterocycles. The highest BCUT2D eigenvalue weighted by Gasteiger charge is 2.39. The molecule has 0 aromatic carbocycles. The van der Waals surface area contributed by atoms with Gasteiger partial charge in [-0.05, 0) is 18.8 Å². The van der Waals surface area contributed by atoms with Crippen LogP contribution >= 0.6 is 0 Å². The van der Waals surface area contributed by atoms with Crippen molar-refractivity contribution in [1.29, 1.82) is 0 Å². The number of allylic oxidation sites excluding steroid dienone is 3. The zero-order chi connectivity index (χ0) is 6.48. The van der Waals surface area contributed by atoms with Crippen molar-refractivity contribution in [2.75, 3.05) is 0 Å². The smallest absolute Gasteiger partial charge is 0.00658 e. The highest BCUT2D eigenvalue weighted by Crippen LogP contribution is 2.51. The Hall–Kier alpha value is -0.520. The van der Waals surface area contributed by atoms with E-state index in [9.17, 15) is 0 Å². The number of fused-ring (bicyclic) bond motifs is 2. The summed E-state index contributed by atoms with van der Waals surface area (Å²) in [6.45, 7) is 6.35. The Morgan fingerprint density at radius 2 is 2.56 bits per heavy atom. The van der Waals surface area contributed by atoms with Crippen LogP contribution in [0.2, 0.25) is 0 Å². The lowest BCUT2D eigenvalue weighted by Crippen LogP contribution is -2.06. The van der Waals surface area contributed by atoms with E-state index in [1.54, 1.807) is 0 Å². The first-order valence-electron chi connectivity index (χ1n) is 3.58. The van der Waals surface area contributed by atoms with Crippen LogP contribution < -0.4 is 0 Å². The maximum Gasteiger partial charge on any atom is 0.00658 e. The molecule has 48 valence electrons. The molecule has 0 N–H and O–H groups in total. The first-order valence-corrected chi connectivity index (χ1v) is 3.58. The molecular weight excluding hydrogens is 108 g/mol. The van der Waals surface area contributed by atoms with Crippen molar-refractivity contribution in [1.82, 2.24) is 0 Å². The number of hydrogen-bond donors (Lipinski definition) is 0. The average Bonchev–Trinajstić information content (AvgIpc) is 2.22. The summed E-state index contributed by atoms with van der Waals surface area (Å²) in [7, 11) is 0. The minimum Gasteiger partial charge on any atom is -0.0990 e. The van der Waals surface area contributed by atoms with Crippen LogP contribution in [-0.4, -0.2) is 0 Å². The second kappa shape index (κ2) is 1.31. The summed E-state index contributed by atoms with van der Waals surface area (Å²) in [6, 6.07) is 0. The fourth-order valence-electron chi connectivity index (χ4n) is 1.98. The van der Waals surface area contributed by atoms with E-state index < -0.39 is 0 Å². The van der Waals surface area contributed by atoms with E-state index in [1.807, 2.05) is 0 Å². The molecule has 1 fully saturated rings. The van der Waals surface area contributed by atoms with Gasteiger partial charge >= 0.3 is 0 Å². The van der Waals surface area contributed by atoms with E-state index in [2.05, 4.69) is 25.7 Å². The van der Waals surface area contributed by atoms with Crippen LogP contribution in [0.4, 0.5) is 0 Å². The molecule has 2 rings (SSSR count). The van der Waals surface area contributed by atoms with Gasteiger partial charge in [0.2, 0.25) is 0 Å². The molecule has 2 atom stereocenters. The van der Waals surface area contributed by atoms with Crippen LogP contribution in [0.5, 0.6) is 0 Å². The Balaban J connectivity index is 2.44. The van der Waals surface area contributed by atoms with Gasteiger partial charge < -0.3 is 0 Å². The normalized spacial score (nSPS) is 46.8. The second-order valence-corrected chi connectivity index (χ2v) is 3.55. The summed E-state index contributed by atoms with van der Waals surface area (Å²) in [4.78, 5) is 0. The van der Waals surface area contributed by atoms with Crippen molar-refractivity contribution in [3.63, 3.8) is 0 Å². The SMILES string of the molecule is C=C1CC2C=C[C@]1(C)C2. The molecule has 0 amide bonds. The fourth-order valence-corrected chi connectivity index (χ4v) is 1.98. The van der Waals surface area contributed by atoms with E-state index in [0.29, 0.717) is 5.41 Å². The van der Waals surface area contributed by atoms with Gasteiger partial charge in [-0.25, -0.2) is 0 Å². The first kappa shape index (κ1) is 5.28. The van der Waals surface area contributed by atoms with Gasteiger partial charge in [0.25, 0.3) is 0 Å². The van der Waals surface area contributed by atoms with Gasteiger partial charge in [-0.15, -0.1) is 0 Å². The third kappa shape index (κ3) is 0.536. The number of hydrogen-bond acceptors (Lipinski definition) is 0. The minimum absolute atomic E-state index is 0.394. The molecule has 2 aliphatic rings. The molecule has 0 aromatic rings. The van der Waals surface area contributed by atoms with Gasteiger partial charge in [0.1, 0.15) is 0 Å². The Morgan fingerprint density at radius 3 is 2.78 bits per heavy atom. The molecule has 0 nitrogen and oxygen atoms in total. The van der Waals surface area contributed by atoms with E-state index in [1.165, 1.54) is 18.4 Å². The Morgan fingerprint density at radius 1 is 1.78 bits per heavy atom. The van der Waals surface area contributed by atoms with Crippen molar-refractivity contribution < 1.29 is 0 Å². The highest BCUT2D eigenvalue weighted by atomic mass is 14.4. The van der Waals surface area contributed by atoms with Crippen LogP contribution in [0.15, 0.2) is 24.3 Å². The van der Waals surface area contributed by atoms with Crippen LogP contribution in [0.25, 0.3) is 0 Å². The zero-order valence-electron chi connectivity index (χ0n) is 5.85. The summed E-state index contributed by atoms with van der Waals surface area (Å²) >= 11 is 0. The Labute approximate surface area is 56.3 Å². The van der Waals surface area contributed by atoms with Crippen LogP contribution in [0.3, 0.4) is 0 Å². The highest BCUT2D eigenvalue weighted by molar-refractivity contribution is 5.31. The monoisotopic (exact) mass is 120 g/mol. The maximum atomic E-state index is 4.06. The lowest BCUT2D eigenvalue weighted by molar-refractivity contribution is 0.533. The molecular formula is C9H12. The van der Waals surface area contributed by atoms with E-state index in [0.717, 1.165) is 5.92 Å². The van der Waals surface area contributed by atoms with E-state index >= 15 is 0 Å². The zero-order valence-corrected chi connectivity index (χ0v) is 5.85. The van der Waals surface area contributed by atoms with Gasteiger partial charge in [0.15, 0.2) is 0 Å². The molecule has 1 saturated carbocycles. The molecule has 1 unspecified atom stereocenters. The molecule has 0 spiro atoms. The maximum absolute atomic E-state index is 4.06. The Bertz CT molecular complexity index is 188. The van der Waals surface area contributed by atoms with Gasteiger partial charge in [0.05, 0.1) is 0 Å². The Kier molecular flexibility index (Phi) is 0.769. The molecule has 0 heteroatoms. The van der Waals surface area contributed by atoms with Gasteiger partial charge in [-0.2, -0.15) is 0 Å². The number of rotatable bonds is 0. The topological polar surface area (TPSA) is 0 Å². The lowest BCUT2D eigenvalue weighted by atomic mass is 9.87. The summed E-state index contributed by atoms with van der Waals surface area (Å²) in [5, 5.41) is 0. The van der Waals surface area contributed by atoms with Crippen LogP contribution in [-0.2, 0) is 0 Å². The third-order valence-corrected chi connectivity index (χ3v) is 2.74. The van der Waals surface area contributed by atoms with Crippen LogP contribution in [0, 0.1) is 11.3 Å². The molecule has 2 bridgehead atoms. The van der Waals surface area contributed by atoms with Gasteiger partial charge in [-0.3, -0.25) is 0 Å². The molecule has 0 radical (unpaired) electrons. The van der Waals surface area contributed by atoms with Crippen molar-refractivity contribution in [2.24, 2.45) is 11.3 Å². The fraction of sp³-hybridized carbons (Fsp3) is 0.556.